The van der Waals surface area contributed by atoms with Gasteiger partial charge in [0.2, 0.25) is 0 Å². The Morgan fingerprint density at radius 1 is 1.44 bits per heavy atom. The van der Waals surface area contributed by atoms with Crippen LogP contribution in [0.4, 0.5) is 0 Å². The Balaban J connectivity index is 1.94. The van der Waals surface area contributed by atoms with Gasteiger partial charge in [-0.2, -0.15) is 0 Å². The van der Waals surface area contributed by atoms with Gasteiger partial charge in [-0.3, -0.25) is 4.90 Å². The standard InChI is InChI=1S/C15H26N2S/c1-4-6-16-8-13-11-18-15-10-17(9-12(2)3)7-5-14(13)15/h11-12,16H,4-10H2,1-3H3. The molecule has 0 atom stereocenters. The number of nitrogens with zero attached hydrogens (tertiary/aromatic N) is 1. The third kappa shape index (κ3) is 3.56. The lowest BCUT2D eigenvalue weighted by Gasteiger charge is -2.28. The van der Waals surface area contributed by atoms with Crippen molar-refractivity contribution < 1.29 is 0 Å². The molecule has 2 heterocycles. The molecule has 1 aliphatic rings. The van der Waals surface area contributed by atoms with E-state index in [4.69, 9.17) is 0 Å². The molecule has 1 N–H and O–H groups in total. The lowest BCUT2D eigenvalue weighted by molar-refractivity contribution is 0.229. The number of hydrogen-bond acceptors (Lipinski definition) is 3. The fraction of sp³-hybridized carbons (Fsp3) is 0.733. The second-order valence-corrected chi connectivity index (χ2v) is 6.68. The maximum Gasteiger partial charge on any atom is 0.0331 e. The second-order valence-electron chi connectivity index (χ2n) is 5.72. The van der Waals surface area contributed by atoms with Crippen molar-refractivity contribution >= 4 is 11.3 Å². The quantitative estimate of drug-likeness (QED) is 0.795. The summed E-state index contributed by atoms with van der Waals surface area (Å²) in [6.45, 7) is 12.7. The number of nitrogens with one attached hydrogen (secondary N) is 1. The molecule has 0 amide bonds. The van der Waals surface area contributed by atoms with E-state index in [-0.39, 0.29) is 0 Å². The van der Waals surface area contributed by atoms with Crippen LogP contribution in [-0.2, 0) is 19.5 Å². The van der Waals surface area contributed by atoms with Gasteiger partial charge >= 0.3 is 0 Å². The van der Waals surface area contributed by atoms with Crippen LogP contribution in [0.1, 0.15) is 43.2 Å². The summed E-state index contributed by atoms with van der Waals surface area (Å²) in [5, 5.41) is 5.89. The van der Waals surface area contributed by atoms with Crippen LogP contribution in [0.2, 0.25) is 0 Å². The van der Waals surface area contributed by atoms with E-state index in [2.05, 4.69) is 36.4 Å². The molecule has 2 rings (SSSR count). The van der Waals surface area contributed by atoms with Crippen molar-refractivity contribution in [3.05, 3.63) is 21.4 Å². The number of fused-ring (bicyclic) bond motifs is 1. The molecule has 1 aromatic rings. The van der Waals surface area contributed by atoms with Gasteiger partial charge in [-0.1, -0.05) is 20.8 Å². The minimum Gasteiger partial charge on any atom is -0.313 e. The molecule has 0 fully saturated rings. The molecule has 0 radical (unpaired) electrons. The van der Waals surface area contributed by atoms with E-state index < -0.39 is 0 Å². The van der Waals surface area contributed by atoms with Gasteiger partial charge in [0, 0.05) is 31.1 Å². The zero-order valence-electron chi connectivity index (χ0n) is 12.0. The van der Waals surface area contributed by atoms with Crippen molar-refractivity contribution in [2.75, 3.05) is 19.6 Å². The summed E-state index contributed by atoms with van der Waals surface area (Å²) < 4.78 is 0. The van der Waals surface area contributed by atoms with Crippen molar-refractivity contribution in [3.8, 4) is 0 Å². The third-order valence-electron chi connectivity index (χ3n) is 3.48. The molecule has 18 heavy (non-hydrogen) atoms. The van der Waals surface area contributed by atoms with Crippen molar-refractivity contribution in [1.29, 1.82) is 0 Å². The van der Waals surface area contributed by atoms with Crippen molar-refractivity contribution in [1.82, 2.24) is 10.2 Å². The lowest BCUT2D eigenvalue weighted by atomic mass is 10.0. The van der Waals surface area contributed by atoms with E-state index in [0.717, 1.165) is 19.0 Å². The van der Waals surface area contributed by atoms with Gasteiger partial charge < -0.3 is 5.32 Å². The fourth-order valence-electron chi connectivity index (χ4n) is 2.67. The molecule has 3 heteroatoms. The molecule has 0 spiro atoms. The lowest BCUT2D eigenvalue weighted by Crippen LogP contribution is -2.33. The van der Waals surface area contributed by atoms with Crippen LogP contribution in [0.5, 0.6) is 0 Å². The Kier molecular flexibility index (Phi) is 5.22. The first-order valence-electron chi connectivity index (χ1n) is 7.22. The van der Waals surface area contributed by atoms with E-state index >= 15 is 0 Å². The normalized spacial score (nSPS) is 16.2. The highest BCUT2D eigenvalue weighted by atomic mass is 32.1. The predicted octanol–water partition coefficient (Wildman–Crippen LogP) is 3.26. The minimum atomic E-state index is 0.775. The summed E-state index contributed by atoms with van der Waals surface area (Å²) in [5.74, 6) is 0.775. The molecule has 1 aliphatic heterocycles. The Morgan fingerprint density at radius 3 is 3.00 bits per heavy atom. The van der Waals surface area contributed by atoms with Crippen LogP contribution >= 0.6 is 11.3 Å². The topological polar surface area (TPSA) is 15.3 Å². The van der Waals surface area contributed by atoms with Gasteiger partial charge in [0.15, 0.2) is 0 Å². The summed E-state index contributed by atoms with van der Waals surface area (Å²) in [6.07, 6.45) is 2.46. The molecular weight excluding hydrogens is 240 g/mol. The van der Waals surface area contributed by atoms with E-state index in [1.165, 1.54) is 32.5 Å². The average molecular weight is 266 g/mol. The van der Waals surface area contributed by atoms with Crippen LogP contribution in [0.3, 0.4) is 0 Å². The monoisotopic (exact) mass is 266 g/mol. The van der Waals surface area contributed by atoms with E-state index in [1.807, 2.05) is 11.3 Å². The predicted molar refractivity (Wildman–Crippen MR) is 80.1 cm³/mol. The van der Waals surface area contributed by atoms with Crippen LogP contribution in [-0.4, -0.2) is 24.5 Å². The third-order valence-corrected chi connectivity index (χ3v) is 4.54. The van der Waals surface area contributed by atoms with E-state index in [9.17, 15) is 0 Å². The number of thiophene rings is 1. The van der Waals surface area contributed by atoms with Gasteiger partial charge in [0.1, 0.15) is 0 Å². The summed E-state index contributed by atoms with van der Waals surface area (Å²) in [7, 11) is 0. The van der Waals surface area contributed by atoms with Gasteiger partial charge in [-0.25, -0.2) is 0 Å². The molecule has 0 aromatic carbocycles. The second kappa shape index (κ2) is 6.69. The van der Waals surface area contributed by atoms with Crippen LogP contribution in [0.15, 0.2) is 5.38 Å². The molecule has 2 nitrogen and oxygen atoms in total. The average Bonchev–Trinajstić information content (AvgIpc) is 2.71. The van der Waals surface area contributed by atoms with Gasteiger partial charge in [0.25, 0.3) is 0 Å². The summed E-state index contributed by atoms with van der Waals surface area (Å²) >= 11 is 1.96. The number of rotatable bonds is 6. The maximum atomic E-state index is 3.52. The highest BCUT2D eigenvalue weighted by molar-refractivity contribution is 7.10. The molecule has 0 unspecified atom stereocenters. The Labute approximate surface area is 115 Å². The largest absolute Gasteiger partial charge is 0.313 e. The number of hydrogen-bond donors (Lipinski definition) is 1. The molecular formula is C15H26N2S. The Morgan fingerprint density at radius 2 is 2.28 bits per heavy atom. The maximum absolute atomic E-state index is 3.52. The summed E-state index contributed by atoms with van der Waals surface area (Å²) in [4.78, 5) is 4.21. The first-order valence-corrected chi connectivity index (χ1v) is 8.09. The van der Waals surface area contributed by atoms with E-state index in [1.54, 1.807) is 16.0 Å². The summed E-state index contributed by atoms with van der Waals surface area (Å²) in [5.41, 5.74) is 3.19. The van der Waals surface area contributed by atoms with Crippen molar-refractivity contribution in [2.45, 2.75) is 46.7 Å². The van der Waals surface area contributed by atoms with Crippen molar-refractivity contribution in [3.63, 3.8) is 0 Å². The zero-order valence-corrected chi connectivity index (χ0v) is 12.8. The molecule has 0 aliphatic carbocycles. The highest BCUT2D eigenvalue weighted by Crippen LogP contribution is 2.28. The molecule has 0 saturated heterocycles. The zero-order chi connectivity index (χ0) is 13.0. The van der Waals surface area contributed by atoms with Gasteiger partial charge in [-0.15, -0.1) is 11.3 Å². The van der Waals surface area contributed by atoms with E-state index in [0.29, 0.717) is 0 Å². The summed E-state index contributed by atoms with van der Waals surface area (Å²) in [6, 6.07) is 0. The Hall–Kier alpha value is -0.380. The first-order chi connectivity index (χ1) is 8.70. The molecule has 0 bridgehead atoms. The van der Waals surface area contributed by atoms with Gasteiger partial charge in [0.05, 0.1) is 0 Å². The molecule has 1 aromatic heterocycles. The van der Waals surface area contributed by atoms with Gasteiger partial charge in [-0.05, 0) is 41.8 Å². The van der Waals surface area contributed by atoms with Crippen molar-refractivity contribution in [2.24, 2.45) is 5.92 Å². The van der Waals surface area contributed by atoms with Crippen LogP contribution in [0.25, 0.3) is 0 Å². The molecule has 0 saturated carbocycles. The Bertz CT molecular complexity index is 371. The highest BCUT2D eigenvalue weighted by Gasteiger charge is 2.20. The van der Waals surface area contributed by atoms with Crippen LogP contribution in [0, 0.1) is 5.92 Å². The SMILES string of the molecule is CCCNCc1csc2c1CCN(CC(C)C)C2. The molecule has 102 valence electrons. The fourth-order valence-corrected chi connectivity index (χ4v) is 3.81. The first kappa shape index (κ1) is 14.0. The minimum absolute atomic E-state index is 0.775. The van der Waals surface area contributed by atoms with Crippen LogP contribution < -0.4 is 5.32 Å². The smallest absolute Gasteiger partial charge is 0.0331 e.